The summed E-state index contributed by atoms with van der Waals surface area (Å²) in [7, 11) is 0. The second kappa shape index (κ2) is 6.00. The molecule has 0 fully saturated rings. The number of nitrogens with one attached hydrogen (secondary N) is 1. The van der Waals surface area contributed by atoms with Gasteiger partial charge in [0.15, 0.2) is 0 Å². The number of halogens is 2. The zero-order valence-corrected chi connectivity index (χ0v) is 12.8. The van der Waals surface area contributed by atoms with Crippen molar-refractivity contribution >= 4 is 43.5 Å². The van der Waals surface area contributed by atoms with Gasteiger partial charge in [-0.2, -0.15) is 5.26 Å². The Balaban J connectivity index is 2.30. The number of nitriles is 1. The number of amides is 1. The molecule has 0 bridgehead atoms. The van der Waals surface area contributed by atoms with E-state index in [0.29, 0.717) is 21.3 Å². The molecule has 19 heavy (non-hydrogen) atoms. The van der Waals surface area contributed by atoms with Crippen LogP contribution in [-0.4, -0.2) is 5.91 Å². The lowest BCUT2D eigenvalue weighted by Gasteiger charge is -2.08. The Labute approximate surface area is 127 Å². The molecule has 0 aliphatic carbocycles. The Morgan fingerprint density at radius 2 is 1.89 bits per heavy atom. The third-order valence-electron chi connectivity index (χ3n) is 2.47. The normalized spacial score (nSPS) is 9.74. The molecule has 0 aliphatic heterocycles. The van der Waals surface area contributed by atoms with Crippen LogP contribution in [0.3, 0.4) is 0 Å². The van der Waals surface area contributed by atoms with Crippen molar-refractivity contribution < 1.29 is 4.79 Å². The fraction of sp³-hybridized carbons (Fsp3) is 0. The molecule has 2 aromatic carbocycles. The molecule has 2 rings (SSSR count). The van der Waals surface area contributed by atoms with Gasteiger partial charge in [-0.3, -0.25) is 4.79 Å². The zero-order valence-electron chi connectivity index (χ0n) is 9.65. The molecule has 94 valence electrons. The van der Waals surface area contributed by atoms with Crippen LogP contribution in [0.1, 0.15) is 15.9 Å². The van der Waals surface area contributed by atoms with E-state index in [1.807, 2.05) is 6.07 Å². The van der Waals surface area contributed by atoms with Crippen LogP contribution in [0.25, 0.3) is 0 Å². The number of nitrogens with zero attached hydrogens (tertiary/aromatic N) is 1. The summed E-state index contributed by atoms with van der Waals surface area (Å²) in [5.74, 6) is -0.258. The summed E-state index contributed by atoms with van der Waals surface area (Å²) in [6, 6.07) is 14.3. The highest BCUT2D eigenvalue weighted by atomic mass is 79.9. The van der Waals surface area contributed by atoms with Crippen molar-refractivity contribution in [2.24, 2.45) is 0 Å². The van der Waals surface area contributed by atoms with Crippen molar-refractivity contribution in [2.45, 2.75) is 0 Å². The number of rotatable bonds is 2. The predicted molar refractivity (Wildman–Crippen MR) is 81.0 cm³/mol. The summed E-state index contributed by atoms with van der Waals surface area (Å²) in [5, 5.41) is 11.8. The van der Waals surface area contributed by atoms with E-state index in [2.05, 4.69) is 43.2 Å². The second-order valence-corrected chi connectivity index (χ2v) is 5.51. The van der Waals surface area contributed by atoms with E-state index in [0.717, 1.165) is 4.47 Å². The summed E-state index contributed by atoms with van der Waals surface area (Å²) in [5.41, 5.74) is 1.43. The summed E-state index contributed by atoms with van der Waals surface area (Å²) in [6.07, 6.45) is 0. The number of benzene rings is 2. The van der Waals surface area contributed by atoms with E-state index >= 15 is 0 Å². The Kier molecular flexibility index (Phi) is 4.35. The quantitative estimate of drug-likeness (QED) is 0.843. The van der Waals surface area contributed by atoms with Gasteiger partial charge < -0.3 is 5.32 Å². The lowest BCUT2D eigenvalue weighted by atomic mass is 10.1. The first kappa shape index (κ1) is 13.8. The van der Waals surface area contributed by atoms with E-state index in [9.17, 15) is 4.79 Å². The Bertz CT molecular complexity index is 677. The standard InChI is InChI=1S/C14H8Br2N2O/c15-10-5-6-13(9(7-10)8-17)18-14(19)11-3-1-2-4-12(11)16/h1-7H,(H,18,19). The highest BCUT2D eigenvalue weighted by Crippen LogP contribution is 2.22. The van der Waals surface area contributed by atoms with Crippen LogP contribution < -0.4 is 5.32 Å². The smallest absolute Gasteiger partial charge is 0.256 e. The van der Waals surface area contributed by atoms with Gasteiger partial charge in [-0.15, -0.1) is 0 Å². The van der Waals surface area contributed by atoms with E-state index < -0.39 is 0 Å². The molecular weight excluding hydrogens is 372 g/mol. The first-order chi connectivity index (χ1) is 9.11. The zero-order chi connectivity index (χ0) is 13.8. The molecule has 0 unspecified atom stereocenters. The first-order valence-electron chi connectivity index (χ1n) is 5.37. The third-order valence-corrected chi connectivity index (χ3v) is 3.65. The minimum atomic E-state index is -0.258. The van der Waals surface area contributed by atoms with Gasteiger partial charge in [-0.25, -0.2) is 0 Å². The van der Waals surface area contributed by atoms with Crippen LogP contribution in [0.4, 0.5) is 5.69 Å². The van der Waals surface area contributed by atoms with Crippen LogP contribution >= 0.6 is 31.9 Å². The highest BCUT2D eigenvalue weighted by Gasteiger charge is 2.11. The van der Waals surface area contributed by atoms with Crippen LogP contribution in [-0.2, 0) is 0 Å². The molecule has 2 aromatic rings. The molecule has 5 heteroatoms. The van der Waals surface area contributed by atoms with Crippen molar-refractivity contribution in [3.63, 3.8) is 0 Å². The Hall–Kier alpha value is -1.64. The minimum absolute atomic E-state index is 0.258. The van der Waals surface area contributed by atoms with Crippen molar-refractivity contribution in [3.8, 4) is 6.07 Å². The van der Waals surface area contributed by atoms with E-state index in [-0.39, 0.29) is 5.91 Å². The minimum Gasteiger partial charge on any atom is -0.321 e. The van der Waals surface area contributed by atoms with Crippen molar-refractivity contribution in [1.82, 2.24) is 0 Å². The van der Waals surface area contributed by atoms with Crippen LogP contribution in [0.15, 0.2) is 51.4 Å². The molecule has 0 aromatic heterocycles. The number of carbonyl (C=O) groups is 1. The van der Waals surface area contributed by atoms with Gasteiger partial charge in [-0.1, -0.05) is 28.1 Å². The molecule has 0 saturated carbocycles. The van der Waals surface area contributed by atoms with Crippen molar-refractivity contribution in [2.75, 3.05) is 5.32 Å². The molecule has 1 amide bonds. The van der Waals surface area contributed by atoms with Gasteiger partial charge in [0.1, 0.15) is 6.07 Å². The maximum atomic E-state index is 12.1. The topological polar surface area (TPSA) is 52.9 Å². The molecule has 3 nitrogen and oxygen atoms in total. The largest absolute Gasteiger partial charge is 0.321 e. The van der Waals surface area contributed by atoms with Crippen LogP contribution in [0.2, 0.25) is 0 Å². The Morgan fingerprint density at radius 1 is 1.16 bits per heavy atom. The van der Waals surface area contributed by atoms with Crippen molar-refractivity contribution in [1.29, 1.82) is 5.26 Å². The van der Waals surface area contributed by atoms with Crippen LogP contribution in [0, 0.1) is 11.3 Å². The molecule has 1 N–H and O–H groups in total. The van der Waals surface area contributed by atoms with Gasteiger partial charge in [0, 0.05) is 8.95 Å². The molecular formula is C14H8Br2N2O. The lowest BCUT2D eigenvalue weighted by molar-refractivity contribution is 0.102. The molecule has 0 radical (unpaired) electrons. The maximum absolute atomic E-state index is 12.1. The first-order valence-corrected chi connectivity index (χ1v) is 6.96. The highest BCUT2D eigenvalue weighted by molar-refractivity contribution is 9.10. The predicted octanol–water partition coefficient (Wildman–Crippen LogP) is 4.34. The number of hydrogen-bond acceptors (Lipinski definition) is 2. The van der Waals surface area contributed by atoms with E-state index in [4.69, 9.17) is 5.26 Å². The lowest BCUT2D eigenvalue weighted by Crippen LogP contribution is -2.13. The fourth-order valence-electron chi connectivity index (χ4n) is 1.55. The number of carbonyl (C=O) groups excluding carboxylic acids is 1. The van der Waals surface area contributed by atoms with Crippen molar-refractivity contribution in [3.05, 3.63) is 62.5 Å². The molecule has 0 spiro atoms. The average Bonchev–Trinajstić information content (AvgIpc) is 2.41. The monoisotopic (exact) mass is 378 g/mol. The van der Waals surface area contributed by atoms with Gasteiger partial charge >= 0.3 is 0 Å². The van der Waals surface area contributed by atoms with Gasteiger partial charge in [-0.05, 0) is 46.3 Å². The van der Waals surface area contributed by atoms with E-state index in [1.165, 1.54) is 0 Å². The van der Waals surface area contributed by atoms with Crippen LogP contribution in [0.5, 0.6) is 0 Å². The Morgan fingerprint density at radius 3 is 2.58 bits per heavy atom. The van der Waals surface area contributed by atoms with E-state index in [1.54, 1.807) is 36.4 Å². The molecule has 0 atom stereocenters. The average molecular weight is 380 g/mol. The van der Waals surface area contributed by atoms with Gasteiger partial charge in [0.2, 0.25) is 0 Å². The van der Waals surface area contributed by atoms with Gasteiger partial charge in [0.05, 0.1) is 16.8 Å². The molecule has 0 heterocycles. The second-order valence-electron chi connectivity index (χ2n) is 3.74. The van der Waals surface area contributed by atoms with Gasteiger partial charge in [0.25, 0.3) is 5.91 Å². The third kappa shape index (κ3) is 3.22. The summed E-state index contributed by atoms with van der Waals surface area (Å²) < 4.78 is 1.51. The maximum Gasteiger partial charge on any atom is 0.256 e. The summed E-state index contributed by atoms with van der Waals surface area (Å²) >= 11 is 6.61. The molecule has 0 aliphatic rings. The summed E-state index contributed by atoms with van der Waals surface area (Å²) in [4.78, 5) is 12.1. The number of hydrogen-bond donors (Lipinski definition) is 1. The number of anilines is 1. The summed E-state index contributed by atoms with van der Waals surface area (Å²) in [6.45, 7) is 0. The fourth-order valence-corrected chi connectivity index (χ4v) is 2.38. The SMILES string of the molecule is N#Cc1cc(Br)ccc1NC(=O)c1ccccc1Br. The molecule has 0 saturated heterocycles.